The van der Waals surface area contributed by atoms with Crippen LogP contribution in [0.1, 0.15) is 82.7 Å². The molecule has 0 radical (unpaired) electrons. The van der Waals surface area contributed by atoms with Gasteiger partial charge in [0, 0.05) is 57.5 Å². The van der Waals surface area contributed by atoms with Crippen molar-refractivity contribution in [3.05, 3.63) is 75.0 Å². The van der Waals surface area contributed by atoms with Crippen molar-refractivity contribution in [1.29, 1.82) is 5.26 Å². The second-order valence-corrected chi connectivity index (χ2v) is 18.5. The van der Waals surface area contributed by atoms with Crippen molar-refractivity contribution in [2.75, 3.05) is 39.9 Å². The van der Waals surface area contributed by atoms with Crippen molar-refractivity contribution in [3.8, 4) is 34.8 Å². The first-order valence-electron chi connectivity index (χ1n) is 20.1. The number of rotatable bonds is 2. The summed E-state index contributed by atoms with van der Waals surface area (Å²) in [7, 11) is 3.56. The van der Waals surface area contributed by atoms with E-state index in [-0.39, 0.29) is 36.7 Å². The summed E-state index contributed by atoms with van der Waals surface area (Å²) >= 11 is 1.53. The second kappa shape index (κ2) is 13.4. The molecule has 1 spiro atoms. The van der Waals surface area contributed by atoms with Crippen molar-refractivity contribution in [1.82, 2.24) is 20.1 Å². The normalized spacial score (nSPS) is 28.2. The number of aromatic hydroxyl groups is 1. The number of methoxy groups -OCH3 is 1. The van der Waals surface area contributed by atoms with Gasteiger partial charge in [0.05, 0.1) is 36.2 Å². The highest BCUT2D eigenvalue weighted by Crippen LogP contribution is 2.64. The Morgan fingerprint density at radius 3 is 2.64 bits per heavy atom. The molecule has 1 unspecified atom stereocenters. The molecule has 11 rings (SSSR count). The number of phenols is 1. The van der Waals surface area contributed by atoms with Gasteiger partial charge >= 0.3 is 12.1 Å². The van der Waals surface area contributed by atoms with Gasteiger partial charge in [-0.3, -0.25) is 15.1 Å². The molecule has 14 nitrogen and oxygen atoms in total. The maximum atomic E-state index is 14.9. The van der Waals surface area contributed by atoms with E-state index in [9.17, 15) is 20.0 Å². The lowest BCUT2D eigenvalue weighted by Crippen LogP contribution is -2.69. The molecule has 15 heteroatoms. The number of esters is 1. The molecule has 59 heavy (non-hydrogen) atoms. The number of piperazine rings is 1. The number of phenolic OH excluding ortho intramolecular Hbond substituents is 1. The molecule has 7 aliphatic rings. The van der Waals surface area contributed by atoms with E-state index in [0.29, 0.717) is 46.9 Å². The van der Waals surface area contributed by atoms with Crippen molar-refractivity contribution < 1.29 is 43.1 Å². The number of nitrogens with one attached hydrogen (secondary N) is 2. The largest absolute Gasteiger partial charge is 0.514 e. The summed E-state index contributed by atoms with van der Waals surface area (Å²) in [6, 6.07) is 10.0. The molecule has 3 aromatic carbocycles. The van der Waals surface area contributed by atoms with Gasteiger partial charge in [-0.2, -0.15) is 5.26 Å². The number of fused-ring (bicyclic) bond motifs is 11. The summed E-state index contributed by atoms with van der Waals surface area (Å²) in [5.41, 5.74) is 4.96. The number of carbonyl (C=O) groups is 2. The summed E-state index contributed by atoms with van der Waals surface area (Å²) in [4.78, 5) is 36.7. The van der Waals surface area contributed by atoms with E-state index in [0.717, 1.165) is 45.3 Å². The summed E-state index contributed by atoms with van der Waals surface area (Å²) < 4.78 is 36.8. The van der Waals surface area contributed by atoms with E-state index in [4.69, 9.17) is 28.4 Å². The Kier molecular flexibility index (Phi) is 8.67. The zero-order chi connectivity index (χ0) is 41.3. The number of carbonyl (C=O) groups excluding carboxylic acids is 2. The van der Waals surface area contributed by atoms with Crippen molar-refractivity contribution in [2.24, 2.45) is 0 Å². The number of nitrogens with zero attached hydrogens (tertiary/aromatic N) is 3. The van der Waals surface area contributed by atoms with Crippen LogP contribution in [0.2, 0.25) is 0 Å². The van der Waals surface area contributed by atoms with Crippen LogP contribution in [0.15, 0.2) is 30.3 Å². The number of aromatic nitrogens is 1. The molecule has 7 aliphatic heterocycles. The Hall–Kier alpha value is -5.14. The smallest absolute Gasteiger partial charge is 0.504 e. The van der Waals surface area contributed by atoms with Crippen LogP contribution in [0.25, 0.3) is 10.9 Å². The summed E-state index contributed by atoms with van der Waals surface area (Å²) in [5.74, 6) is 1.36. The number of para-hydroxylation sites is 1. The van der Waals surface area contributed by atoms with Crippen LogP contribution in [0.4, 0.5) is 4.79 Å². The van der Waals surface area contributed by atoms with Gasteiger partial charge in [0.2, 0.25) is 6.79 Å². The van der Waals surface area contributed by atoms with Crippen LogP contribution in [0.3, 0.4) is 0 Å². The van der Waals surface area contributed by atoms with E-state index in [1.807, 2.05) is 39.1 Å². The minimum Gasteiger partial charge on any atom is -0.504 e. The van der Waals surface area contributed by atoms with Gasteiger partial charge in [0.15, 0.2) is 28.5 Å². The molecule has 2 saturated heterocycles. The molecule has 7 atom stereocenters. The fourth-order valence-electron chi connectivity index (χ4n) is 10.8. The Bertz CT molecular complexity index is 2510. The van der Waals surface area contributed by atoms with Gasteiger partial charge in [0.25, 0.3) is 0 Å². The first kappa shape index (κ1) is 38.1. The minimum absolute atomic E-state index is 0.0537. The third-order valence-corrected chi connectivity index (χ3v) is 14.6. The highest BCUT2D eigenvalue weighted by Gasteiger charge is 2.62. The van der Waals surface area contributed by atoms with Crippen molar-refractivity contribution >= 4 is 34.8 Å². The number of H-pyrrole nitrogens is 1. The van der Waals surface area contributed by atoms with Crippen LogP contribution >= 0.6 is 11.8 Å². The number of thioether (sulfide) groups is 1. The molecular weight excluding hydrogens is 775 g/mol. The maximum Gasteiger partial charge on any atom is 0.514 e. The van der Waals surface area contributed by atoms with Crippen LogP contribution in [0, 0.1) is 25.2 Å². The number of ether oxygens (including phenoxy) is 6. The van der Waals surface area contributed by atoms with Gasteiger partial charge in [-0.25, -0.2) is 9.59 Å². The molecule has 0 aliphatic carbocycles. The van der Waals surface area contributed by atoms with E-state index >= 15 is 0 Å². The topological polar surface area (TPSA) is 168 Å². The maximum absolute atomic E-state index is 14.9. The van der Waals surface area contributed by atoms with Crippen LogP contribution < -0.4 is 24.3 Å². The summed E-state index contributed by atoms with van der Waals surface area (Å²) in [6.07, 6.45) is 0.331. The Morgan fingerprint density at radius 2 is 1.88 bits per heavy atom. The van der Waals surface area contributed by atoms with Gasteiger partial charge in [0.1, 0.15) is 24.0 Å². The van der Waals surface area contributed by atoms with Crippen LogP contribution in [-0.4, -0.2) is 95.6 Å². The number of benzene rings is 3. The monoisotopic (exact) mass is 821 g/mol. The number of hydrogen-bond acceptors (Lipinski definition) is 14. The molecule has 0 saturated carbocycles. The van der Waals surface area contributed by atoms with Crippen molar-refractivity contribution in [2.45, 2.75) is 94.1 Å². The number of aryl methyl sites for hydroxylation is 1. The van der Waals surface area contributed by atoms with Gasteiger partial charge in [-0.05, 0) is 77.3 Å². The van der Waals surface area contributed by atoms with E-state index in [2.05, 4.69) is 38.3 Å². The summed E-state index contributed by atoms with van der Waals surface area (Å²) in [6.45, 7) is 9.39. The second-order valence-electron chi connectivity index (χ2n) is 17.4. The quantitative estimate of drug-likeness (QED) is 0.156. The molecule has 308 valence electrons. The molecule has 1 aromatic heterocycles. The fraction of sp³-hybridized carbons (Fsp3) is 0.477. The van der Waals surface area contributed by atoms with Gasteiger partial charge in [-0.15, -0.1) is 11.8 Å². The number of aromatic amines is 1. The molecule has 4 aromatic rings. The highest BCUT2D eigenvalue weighted by molar-refractivity contribution is 7.99. The summed E-state index contributed by atoms with van der Waals surface area (Å²) in [5, 5.41) is 27.5. The first-order chi connectivity index (χ1) is 28.3. The van der Waals surface area contributed by atoms with Gasteiger partial charge in [-0.1, -0.05) is 24.3 Å². The van der Waals surface area contributed by atoms with Crippen molar-refractivity contribution in [3.63, 3.8) is 0 Å². The average molecular weight is 822 g/mol. The van der Waals surface area contributed by atoms with Crippen LogP contribution in [-0.2, 0) is 32.6 Å². The SMILES string of the molecule is COc1c(C)cc2c(c1O)[C@H]1C3[C@@H]4SC[C@]5(NCCc6c5[nH]c5ccccc65)C(=O)OC[C@@H](c5c6c(c(C)c(OC(=O)OC(C)(C)C)c54)OCO6)N3[C@@H](C#N)[C@H](C2)N1C. The molecule has 4 bridgehead atoms. The minimum atomic E-state index is -1.28. The fourth-order valence-corrected chi connectivity index (χ4v) is 12.5. The molecule has 0 amide bonds. The Morgan fingerprint density at radius 1 is 1.10 bits per heavy atom. The van der Waals surface area contributed by atoms with E-state index < -0.39 is 52.7 Å². The number of likely N-dealkylation sites (N-methyl/N-ethyl adjacent to an activating group) is 1. The molecule has 3 N–H and O–H groups in total. The van der Waals surface area contributed by atoms with E-state index in [1.54, 1.807) is 27.9 Å². The Balaban J connectivity index is 1.25. The van der Waals surface area contributed by atoms with Crippen LogP contribution in [0.5, 0.6) is 28.7 Å². The highest BCUT2D eigenvalue weighted by atomic mass is 32.2. The van der Waals surface area contributed by atoms with E-state index in [1.165, 1.54) is 11.8 Å². The predicted octanol–water partition coefficient (Wildman–Crippen LogP) is 6.14. The average Bonchev–Trinajstić information content (AvgIpc) is 3.84. The third kappa shape index (κ3) is 5.42. The number of nitriles is 1. The third-order valence-electron chi connectivity index (χ3n) is 13.1. The Labute approximate surface area is 346 Å². The molecule has 2 fully saturated rings. The molecular formula is C44H47N5O9S. The lowest BCUT2D eigenvalue weighted by Gasteiger charge is -2.62. The zero-order valence-corrected chi connectivity index (χ0v) is 34.9. The lowest BCUT2D eigenvalue weighted by molar-refractivity contribution is -0.157. The lowest BCUT2D eigenvalue weighted by atomic mass is 9.71. The first-order valence-corrected chi connectivity index (χ1v) is 21.1. The predicted molar refractivity (Wildman–Crippen MR) is 217 cm³/mol. The zero-order valence-electron chi connectivity index (χ0n) is 34.1. The standard InChI is InChI=1S/C44H47N5O9S/c1-20-14-22-15-26-27(16-45)49-28-17-54-41(51)44(40-24(12-13-46-44)23-10-8-9-11-25(23)47-40)18-59-39(33(49)32(48(26)6)29(22)34(50)35(20)53-7)31-30(28)38-37(55-19-56-38)21(2)36(31)57-42(52)58-43(3,4)5/h8-11,14,26-28,32-33,39,46-47,50H,12-13,15,17-19H2,1-7H3/t26-,27-,28-,32-,33?,39+,44+/m0/s1. The molecule has 8 heterocycles. The number of hydrogen-bond donors (Lipinski definition) is 3. The van der Waals surface area contributed by atoms with Gasteiger partial charge < -0.3 is 38.5 Å².